The molecule has 0 saturated heterocycles. The number of aliphatic hydroxyl groups is 1. The fourth-order valence-corrected chi connectivity index (χ4v) is 1.12. The molecule has 2 aromatic heterocycles. The number of rotatable bonds is 3. The average Bonchev–Trinajstić information content (AvgIpc) is 2.74. The summed E-state index contributed by atoms with van der Waals surface area (Å²) >= 11 is 0. The summed E-state index contributed by atoms with van der Waals surface area (Å²) in [5.41, 5.74) is 1.31. The largest absolute Gasteiger partial charge is 0.396 e. The Morgan fingerprint density at radius 2 is 2.36 bits per heavy atom. The number of nitrogens with zero attached hydrogens (tertiary/aromatic N) is 4. The Balaban J connectivity index is 2.24. The SMILES string of the molecule is Cn1ncc(-c2cc(CCO)on2)n1. The van der Waals surface area contributed by atoms with Crippen LogP contribution in [0.4, 0.5) is 0 Å². The summed E-state index contributed by atoms with van der Waals surface area (Å²) in [6.07, 6.45) is 2.08. The quantitative estimate of drug-likeness (QED) is 0.744. The predicted molar refractivity (Wildman–Crippen MR) is 47.3 cm³/mol. The van der Waals surface area contributed by atoms with E-state index in [1.54, 1.807) is 19.3 Å². The Morgan fingerprint density at radius 1 is 1.50 bits per heavy atom. The molecular weight excluding hydrogens is 184 g/mol. The van der Waals surface area contributed by atoms with Crippen molar-refractivity contribution in [1.82, 2.24) is 20.2 Å². The zero-order chi connectivity index (χ0) is 9.97. The van der Waals surface area contributed by atoms with Crippen LogP contribution in [0.5, 0.6) is 0 Å². The monoisotopic (exact) mass is 194 g/mol. The van der Waals surface area contributed by atoms with Crippen LogP contribution in [0.15, 0.2) is 16.8 Å². The standard InChI is InChI=1S/C8H10N4O2/c1-12-9-5-8(10-12)7-4-6(2-3-13)14-11-7/h4-5,13H,2-3H2,1H3. The zero-order valence-corrected chi connectivity index (χ0v) is 7.71. The van der Waals surface area contributed by atoms with Gasteiger partial charge in [0, 0.05) is 19.5 Å². The molecule has 0 unspecified atom stereocenters. The molecule has 2 aromatic rings. The summed E-state index contributed by atoms with van der Waals surface area (Å²) < 4.78 is 4.98. The number of aliphatic hydroxyl groups excluding tert-OH is 1. The van der Waals surface area contributed by atoms with Gasteiger partial charge in [0.2, 0.25) is 0 Å². The molecular formula is C8H10N4O2. The van der Waals surface area contributed by atoms with E-state index >= 15 is 0 Å². The van der Waals surface area contributed by atoms with Gasteiger partial charge < -0.3 is 9.63 Å². The molecule has 6 heteroatoms. The van der Waals surface area contributed by atoms with Crippen LogP contribution < -0.4 is 0 Å². The van der Waals surface area contributed by atoms with Gasteiger partial charge in [0.1, 0.15) is 17.1 Å². The smallest absolute Gasteiger partial charge is 0.139 e. The first kappa shape index (κ1) is 8.89. The van der Waals surface area contributed by atoms with E-state index in [9.17, 15) is 0 Å². The Hall–Kier alpha value is -1.69. The van der Waals surface area contributed by atoms with Crippen molar-refractivity contribution in [3.05, 3.63) is 18.0 Å². The molecule has 0 aliphatic carbocycles. The fraction of sp³-hybridized carbons (Fsp3) is 0.375. The lowest BCUT2D eigenvalue weighted by Crippen LogP contribution is -1.91. The van der Waals surface area contributed by atoms with Crippen molar-refractivity contribution >= 4 is 0 Å². The maximum Gasteiger partial charge on any atom is 0.139 e. The topological polar surface area (TPSA) is 77.0 Å². The van der Waals surface area contributed by atoms with Gasteiger partial charge >= 0.3 is 0 Å². The second kappa shape index (κ2) is 3.59. The highest BCUT2D eigenvalue weighted by Gasteiger charge is 2.08. The van der Waals surface area contributed by atoms with E-state index < -0.39 is 0 Å². The molecule has 0 fully saturated rings. The molecule has 2 heterocycles. The van der Waals surface area contributed by atoms with Crippen LogP contribution in [-0.4, -0.2) is 31.9 Å². The van der Waals surface area contributed by atoms with Crippen LogP contribution in [0, 0.1) is 0 Å². The highest BCUT2D eigenvalue weighted by Crippen LogP contribution is 2.15. The molecule has 0 bridgehead atoms. The van der Waals surface area contributed by atoms with Gasteiger partial charge in [-0.15, -0.1) is 0 Å². The fourth-order valence-electron chi connectivity index (χ4n) is 1.12. The molecule has 0 amide bonds. The number of hydrogen-bond donors (Lipinski definition) is 1. The highest BCUT2D eigenvalue weighted by atomic mass is 16.5. The van der Waals surface area contributed by atoms with Gasteiger partial charge in [-0.1, -0.05) is 5.16 Å². The van der Waals surface area contributed by atoms with E-state index in [-0.39, 0.29) is 6.61 Å². The lowest BCUT2D eigenvalue weighted by Gasteiger charge is -1.84. The molecule has 0 aliphatic heterocycles. The molecule has 0 aliphatic rings. The summed E-state index contributed by atoms with van der Waals surface area (Å²) in [7, 11) is 1.73. The van der Waals surface area contributed by atoms with Gasteiger partial charge in [-0.2, -0.15) is 15.0 Å². The first-order valence-corrected chi connectivity index (χ1v) is 4.23. The third kappa shape index (κ3) is 1.64. The number of aromatic nitrogens is 4. The maximum absolute atomic E-state index is 8.68. The second-order valence-corrected chi connectivity index (χ2v) is 2.87. The molecule has 2 rings (SSSR count). The zero-order valence-electron chi connectivity index (χ0n) is 7.71. The Morgan fingerprint density at radius 3 is 3.00 bits per heavy atom. The van der Waals surface area contributed by atoms with Crippen LogP contribution in [0.2, 0.25) is 0 Å². The van der Waals surface area contributed by atoms with Gasteiger partial charge in [0.25, 0.3) is 0 Å². The Kier molecular flexibility index (Phi) is 2.28. The summed E-state index contributed by atoms with van der Waals surface area (Å²) in [5, 5.41) is 20.5. The van der Waals surface area contributed by atoms with Gasteiger partial charge in [-0.05, 0) is 0 Å². The average molecular weight is 194 g/mol. The second-order valence-electron chi connectivity index (χ2n) is 2.87. The van der Waals surface area contributed by atoms with Crippen molar-refractivity contribution in [1.29, 1.82) is 0 Å². The van der Waals surface area contributed by atoms with Crippen molar-refractivity contribution in [3.63, 3.8) is 0 Å². The van der Waals surface area contributed by atoms with Crippen LogP contribution >= 0.6 is 0 Å². The van der Waals surface area contributed by atoms with Crippen LogP contribution in [0.25, 0.3) is 11.4 Å². The van der Waals surface area contributed by atoms with Crippen LogP contribution in [-0.2, 0) is 13.5 Å². The summed E-state index contributed by atoms with van der Waals surface area (Å²) in [6, 6.07) is 1.75. The van der Waals surface area contributed by atoms with Gasteiger partial charge in [-0.25, -0.2) is 0 Å². The lowest BCUT2D eigenvalue weighted by molar-refractivity contribution is 0.277. The van der Waals surface area contributed by atoms with Gasteiger partial charge in [0.05, 0.1) is 12.8 Å². The summed E-state index contributed by atoms with van der Waals surface area (Å²) in [5.74, 6) is 0.646. The third-order valence-electron chi connectivity index (χ3n) is 1.78. The van der Waals surface area contributed by atoms with Crippen molar-refractivity contribution in [2.75, 3.05) is 6.61 Å². The predicted octanol–water partition coefficient (Wildman–Crippen LogP) is 0.00490. The lowest BCUT2D eigenvalue weighted by atomic mass is 10.3. The minimum absolute atomic E-state index is 0.0507. The van der Waals surface area contributed by atoms with Crippen LogP contribution in [0.1, 0.15) is 5.76 Å². The van der Waals surface area contributed by atoms with Crippen molar-refractivity contribution in [2.24, 2.45) is 7.05 Å². The van der Waals surface area contributed by atoms with Crippen molar-refractivity contribution in [2.45, 2.75) is 6.42 Å². The molecule has 6 nitrogen and oxygen atoms in total. The summed E-state index contributed by atoms with van der Waals surface area (Å²) in [6.45, 7) is 0.0507. The normalized spacial score (nSPS) is 10.7. The Labute approximate surface area is 80.1 Å². The molecule has 0 saturated carbocycles. The molecule has 0 aromatic carbocycles. The van der Waals surface area contributed by atoms with E-state index in [2.05, 4.69) is 15.4 Å². The molecule has 74 valence electrons. The number of hydrogen-bond acceptors (Lipinski definition) is 5. The maximum atomic E-state index is 8.68. The van der Waals surface area contributed by atoms with Gasteiger partial charge in [-0.3, -0.25) is 0 Å². The van der Waals surface area contributed by atoms with Crippen molar-refractivity contribution in [3.8, 4) is 11.4 Å². The third-order valence-corrected chi connectivity index (χ3v) is 1.78. The van der Waals surface area contributed by atoms with Crippen molar-refractivity contribution < 1.29 is 9.63 Å². The number of aryl methyl sites for hydroxylation is 1. The first-order chi connectivity index (χ1) is 6.79. The van der Waals surface area contributed by atoms with Crippen LogP contribution in [0.3, 0.4) is 0 Å². The molecule has 0 atom stereocenters. The minimum atomic E-state index is 0.0507. The Bertz CT molecular complexity index is 420. The van der Waals surface area contributed by atoms with E-state index in [1.807, 2.05) is 0 Å². The highest BCUT2D eigenvalue weighted by molar-refractivity contribution is 5.51. The first-order valence-electron chi connectivity index (χ1n) is 4.23. The van der Waals surface area contributed by atoms with Gasteiger partial charge in [0.15, 0.2) is 0 Å². The van der Waals surface area contributed by atoms with E-state index in [0.29, 0.717) is 23.6 Å². The summed E-state index contributed by atoms with van der Waals surface area (Å²) in [4.78, 5) is 1.45. The molecule has 14 heavy (non-hydrogen) atoms. The minimum Gasteiger partial charge on any atom is -0.396 e. The molecule has 0 radical (unpaired) electrons. The molecule has 1 N–H and O–H groups in total. The van der Waals surface area contributed by atoms with E-state index in [0.717, 1.165) is 0 Å². The molecule has 0 spiro atoms. The van der Waals surface area contributed by atoms with E-state index in [1.165, 1.54) is 4.80 Å². The van der Waals surface area contributed by atoms with E-state index in [4.69, 9.17) is 9.63 Å².